The third-order valence-corrected chi connectivity index (χ3v) is 9.06. The predicted octanol–water partition coefficient (Wildman–Crippen LogP) is 8.24. The fourth-order valence-electron chi connectivity index (χ4n) is 6.95. The van der Waals surface area contributed by atoms with Gasteiger partial charge in [0.15, 0.2) is 0 Å². The van der Waals surface area contributed by atoms with Gasteiger partial charge in [-0.1, -0.05) is 24.3 Å². The van der Waals surface area contributed by atoms with Gasteiger partial charge >= 0.3 is 0 Å². The molecule has 0 bridgehead atoms. The molecule has 232 valence electrons. The summed E-state index contributed by atoms with van der Waals surface area (Å²) in [6.07, 6.45) is 0.385. The second-order valence-corrected chi connectivity index (χ2v) is 11.5. The van der Waals surface area contributed by atoms with Gasteiger partial charge in [0.05, 0.1) is 31.9 Å². The predicted molar refractivity (Wildman–Crippen MR) is 175 cm³/mol. The van der Waals surface area contributed by atoms with E-state index in [1.54, 1.807) is 36.4 Å². The van der Waals surface area contributed by atoms with E-state index in [9.17, 15) is 28.1 Å². The number of nitriles is 3. The van der Waals surface area contributed by atoms with E-state index in [2.05, 4.69) is 14.5 Å². The van der Waals surface area contributed by atoms with Crippen LogP contribution in [0, 0.1) is 77.0 Å². The quantitative estimate of drug-likeness (QED) is 0.139. The lowest BCUT2D eigenvalue weighted by molar-refractivity contribution is 0.577. The van der Waals surface area contributed by atoms with Gasteiger partial charge in [-0.3, -0.25) is 0 Å². The lowest BCUT2D eigenvalue weighted by Gasteiger charge is -2.14. The van der Waals surface area contributed by atoms with Crippen LogP contribution in [0.25, 0.3) is 70.4 Å². The van der Waals surface area contributed by atoms with Crippen molar-refractivity contribution >= 4 is 17.1 Å². The average Bonchev–Trinajstić information content (AvgIpc) is 3.67. The minimum absolute atomic E-state index is 0.149. The van der Waals surface area contributed by atoms with Crippen molar-refractivity contribution in [3.8, 4) is 62.7 Å². The van der Waals surface area contributed by atoms with Gasteiger partial charge in [-0.15, -0.1) is 0 Å². The highest BCUT2D eigenvalue weighted by molar-refractivity contribution is 5.94. The molecule has 6 nitrogen and oxygen atoms in total. The lowest BCUT2D eigenvalue weighted by Crippen LogP contribution is -2.25. The Morgan fingerprint density at radius 3 is 1.36 bits per heavy atom. The number of benzene rings is 5. The van der Waals surface area contributed by atoms with Crippen LogP contribution >= 0.6 is 0 Å². The van der Waals surface area contributed by atoms with E-state index in [0.717, 1.165) is 29.8 Å². The van der Waals surface area contributed by atoms with E-state index in [1.807, 2.05) is 12.1 Å². The van der Waals surface area contributed by atoms with E-state index in [1.165, 1.54) is 6.07 Å². The summed E-state index contributed by atoms with van der Waals surface area (Å²) in [7, 11) is 0. The number of nitrogens with zero attached hydrogens (tertiary/aromatic N) is 6. The Labute approximate surface area is 282 Å². The molecule has 0 heterocycles. The zero-order chi connectivity index (χ0) is 35.4. The molecule has 0 saturated heterocycles. The largest absolute Gasteiger partial charge is 0.269 e. The van der Waals surface area contributed by atoms with Gasteiger partial charge in [0.2, 0.25) is 0 Å². The molecule has 0 aromatic heterocycles. The fraction of sp³-hybridized carbons (Fsp3) is 0.0500. The van der Waals surface area contributed by atoms with Gasteiger partial charge in [0, 0.05) is 10.4 Å². The van der Waals surface area contributed by atoms with Crippen LogP contribution in [0.1, 0.15) is 27.8 Å². The normalized spacial score (nSPS) is 12.8. The molecule has 0 radical (unpaired) electrons. The number of rotatable bonds is 2. The van der Waals surface area contributed by atoms with Gasteiger partial charge < -0.3 is 0 Å². The van der Waals surface area contributed by atoms with Crippen molar-refractivity contribution in [2.45, 2.75) is 12.8 Å². The third kappa shape index (κ3) is 4.50. The molecule has 0 aliphatic heterocycles. The van der Waals surface area contributed by atoms with Gasteiger partial charge in [-0.25, -0.2) is 42.6 Å². The van der Waals surface area contributed by atoms with Crippen molar-refractivity contribution in [3.05, 3.63) is 156 Å². The first-order valence-corrected chi connectivity index (χ1v) is 14.7. The minimum Gasteiger partial charge on any atom is -0.232 e. The Balaban J connectivity index is 1.57. The SMILES string of the molecule is [C-]#[N+]/C(C#N)=c1/c2c(/c(=C(\C#N)[N+]#[C-])c3c1-c1cc(-c4cc(F)c([N+]#[C-])c(F)c4)ccc1C3)-c1cc(-c3cc(F)c(C#N)c(F)c3)ccc1C2. The summed E-state index contributed by atoms with van der Waals surface area (Å²) < 4.78 is 58.6. The summed E-state index contributed by atoms with van der Waals surface area (Å²) in [5.74, 6) is -4.13. The van der Waals surface area contributed by atoms with Crippen molar-refractivity contribution in [1.29, 1.82) is 15.8 Å². The van der Waals surface area contributed by atoms with Crippen molar-refractivity contribution < 1.29 is 17.6 Å². The summed E-state index contributed by atoms with van der Waals surface area (Å²) >= 11 is 0. The lowest BCUT2D eigenvalue weighted by atomic mass is 9.89. The van der Waals surface area contributed by atoms with Crippen LogP contribution < -0.4 is 10.4 Å². The second-order valence-electron chi connectivity index (χ2n) is 11.5. The first-order chi connectivity index (χ1) is 24.2. The highest BCUT2D eigenvalue weighted by atomic mass is 19.1. The Morgan fingerprint density at radius 2 is 1.00 bits per heavy atom. The van der Waals surface area contributed by atoms with Crippen LogP contribution in [0.15, 0.2) is 60.7 Å². The van der Waals surface area contributed by atoms with Crippen LogP contribution in [-0.2, 0) is 12.8 Å². The van der Waals surface area contributed by atoms with Crippen molar-refractivity contribution in [2.24, 2.45) is 0 Å². The molecule has 0 amide bonds. The second kappa shape index (κ2) is 11.6. The highest BCUT2D eigenvalue weighted by Crippen LogP contribution is 2.43. The van der Waals surface area contributed by atoms with Gasteiger partial charge in [0.1, 0.15) is 34.9 Å². The van der Waals surface area contributed by atoms with Gasteiger partial charge in [-0.2, -0.15) is 5.26 Å². The van der Waals surface area contributed by atoms with Crippen LogP contribution in [0.4, 0.5) is 23.2 Å². The molecule has 0 spiro atoms. The van der Waals surface area contributed by atoms with Crippen LogP contribution in [0.3, 0.4) is 0 Å². The summed E-state index contributed by atoms with van der Waals surface area (Å²) in [6.45, 7) is 22.9. The van der Waals surface area contributed by atoms with Crippen molar-refractivity contribution in [2.75, 3.05) is 0 Å². The molecule has 0 N–H and O–H groups in total. The molecular weight excluding hydrogens is 640 g/mol. The molecule has 0 atom stereocenters. The molecular formula is C40H14F4N6. The Bertz CT molecular complexity index is 2560. The molecule has 0 saturated carbocycles. The van der Waals surface area contributed by atoms with E-state index >= 15 is 0 Å². The summed E-state index contributed by atoms with van der Waals surface area (Å²) in [5, 5.41) is 30.1. The molecule has 50 heavy (non-hydrogen) atoms. The molecule has 5 aromatic carbocycles. The zero-order valence-corrected chi connectivity index (χ0v) is 25.4. The fourth-order valence-corrected chi connectivity index (χ4v) is 6.95. The van der Waals surface area contributed by atoms with Crippen LogP contribution in [0.2, 0.25) is 0 Å². The van der Waals surface area contributed by atoms with Gasteiger partial charge in [-0.05, 0) is 116 Å². The molecule has 2 aliphatic rings. The maximum absolute atomic E-state index is 14.6. The summed E-state index contributed by atoms with van der Waals surface area (Å²) in [6, 6.07) is 19.8. The topological polar surface area (TPSA) is 84.4 Å². The number of hydrogen-bond donors (Lipinski definition) is 0. The maximum Gasteiger partial charge on any atom is 0.269 e. The zero-order valence-electron chi connectivity index (χ0n) is 25.4. The molecule has 5 aromatic rings. The monoisotopic (exact) mass is 654 g/mol. The van der Waals surface area contributed by atoms with Crippen LogP contribution in [-0.4, -0.2) is 0 Å². The molecule has 0 fully saturated rings. The van der Waals surface area contributed by atoms with E-state index in [4.69, 9.17) is 25.0 Å². The molecule has 7 rings (SSSR count). The van der Waals surface area contributed by atoms with Crippen molar-refractivity contribution in [3.63, 3.8) is 0 Å². The standard InChI is InChI=1S/C40H14F4N6/c1-48-34(17-46)38-28-11-22-7-5-20(24-14-32(43)40(50-3)33(44)15-24)9-26(22)37(28)39(35(18-47)49-2)27-10-21-6-4-19(8-25(21)36(27)38)23-12-30(41)29(16-45)31(42)13-23/h4-9,12-15H,10-11H2/b38-34+,39-35-. The number of halogens is 4. The minimum atomic E-state index is -1.03. The Morgan fingerprint density at radius 1 is 0.580 bits per heavy atom. The first-order valence-electron chi connectivity index (χ1n) is 14.7. The molecule has 0 unspecified atom stereocenters. The van der Waals surface area contributed by atoms with Crippen molar-refractivity contribution in [1.82, 2.24) is 0 Å². The third-order valence-electron chi connectivity index (χ3n) is 9.06. The Kier molecular flexibility index (Phi) is 7.24. The molecule has 10 heteroatoms. The highest BCUT2D eigenvalue weighted by Gasteiger charge is 2.32. The Hall–Kier alpha value is -7.50. The number of fused-ring (bicyclic) bond motifs is 6. The smallest absolute Gasteiger partial charge is 0.232 e. The number of hydrogen-bond acceptors (Lipinski definition) is 3. The maximum atomic E-state index is 14.6. The van der Waals surface area contributed by atoms with E-state index in [-0.39, 0.29) is 35.4 Å². The summed E-state index contributed by atoms with van der Waals surface area (Å²) in [4.78, 5) is 10.00. The van der Waals surface area contributed by atoms with Gasteiger partial charge in [0.25, 0.3) is 17.1 Å². The van der Waals surface area contributed by atoms with Crippen LogP contribution in [0.5, 0.6) is 0 Å². The van der Waals surface area contributed by atoms with E-state index < -0.39 is 34.5 Å². The average molecular weight is 655 g/mol. The summed E-state index contributed by atoms with van der Waals surface area (Å²) in [5.41, 5.74) is 3.57. The molecule has 2 aliphatic carbocycles. The first kappa shape index (κ1) is 31.1. The van der Waals surface area contributed by atoms with E-state index in [0.29, 0.717) is 60.5 Å².